The van der Waals surface area contributed by atoms with Gasteiger partial charge in [0, 0.05) is 10.4 Å². The highest BCUT2D eigenvalue weighted by Gasteiger charge is 2.14. The molecule has 0 saturated carbocycles. The van der Waals surface area contributed by atoms with Gasteiger partial charge in [-0.1, -0.05) is 26.3 Å². The maximum Gasteiger partial charge on any atom is 0.658 e. The van der Waals surface area contributed by atoms with Crippen molar-refractivity contribution in [2.45, 2.75) is 0 Å². The van der Waals surface area contributed by atoms with Crippen LogP contribution in [0.4, 0.5) is 0 Å². The molecule has 2 aromatic rings. The molecule has 1 radical (unpaired) electrons. The number of phenolic OH excluding ortho intramolecular Hbond substituents is 4. The standard InChI is InChI=1S/C16H14BO6/c1-7-5-11(18)9(3)15(13(7)20)22-17-23-16-10(4)12(19)6-8(2)14(16)21/h5-6,18-21H,1-4H2. The highest BCUT2D eigenvalue weighted by Crippen LogP contribution is 2.21. The van der Waals surface area contributed by atoms with Gasteiger partial charge in [0.1, 0.15) is 11.5 Å². The Balaban J connectivity index is 2.29. The zero-order valence-electron chi connectivity index (χ0n) is 12.2. The summed E-state index contributed by atoms with van der Waals surface area (Å²) < 4.78 is 10.2. The van der Waals surface area contributed by atoms with Crippen LogP contribution in [0.25, 0.3) is 26.3 Å². The predicted octanol–water partition coefficient (Wildman–Crippen LogP) is -0.858. The van der Waals surface area contributed by atoms with Gasteiger partial charge < -0.3 is 29.7 Å². The summed E-state index contributed by atoms with van der Waals surface area (Å²) in [5.74, 6) is -1.38. The second kappa shape index (κ2) is 5.88. The van der Waals surface area contributed by atoms with E-state index in [-0.39, 0.29) is 55.4 Å². The van der Waals surface area contributed by atoms with Crippen molar-refractivity contribution in [2.75, 3.05) is 0 Å². The van der Waals surface area contributed by atoms with Crippen LogP contribution in [0, 0.1) is 0 Å². The lowest BCUT2D eigenvalue weighted by Gasteiger charge is -2.11. The lowest BCUT2D eigenvalue weighted by Crippen LogP contribution is -2.22. The molecule has 2 aromatic carbocycles. The number of aromatic hydroxyl groups is 4. The van der Waals surface area contributed by atoms with Crippen molar-refractivity contribution in [3.05, 3.63) is 33.0 Å². The van der Waals surface area contributed by atoms with Crippen molar-refractivity contribution in [3.8, 4) is 34.5 Å². The molecule has 0 unspecified atom stereocenters. The van der Waals surface area contributed by atoms with E-state index in [0.717, 1.165) is 7.69 Å². The van der Waals surface area contributed by atoms with Crippen LogP contribution < -0.4 is 30.2 Å². The van der Waals surface area contributed by atoms with E-state index in [4.69, 9.17) is 9.31 Å². The van der Waals surface area contributed by atoms with Gasteiger partial charge in [0.15, 0.2) is 23.0 Å². The monoisotopic (exact) mass is 313 g/mol. The van der Waals surface area contributed by atoms with Crippen LogP contribution >= 0.6 is 0 Å². The lowest BCUT2D eigenvalue weighted by molar-refractivity contribution is 0.383. The summed E-state index contributed by atoms with van der Waals surface area (Å²) in [5.41, 5.74) is 0. The third-order valence-corrected chi connectivity index (χ3v) is 3.16. The molecular formula is C16H14BO6. The van der Waals surface area contributed by atoms with Crippen LogP contribution in [0.15, 0.2) is 12.1 Å². The fourth-order valence-electron chi connectivity index (χ4n) is 1.83. The number of phenols is 4. The minimum Gasteiger partial charge on any atom is -0.523 e. The molecule has 6 nitrogen and oxygen atoms in total. The number of rotatable bonds is 4. The highest BCUT2D eigenvalue weighted by molar-refractivity contribution is 6.21. The van der Waals surface area contributed by atoms with Crippen LogP contribution in [0.3, 0.4) is 0 Å². The fraction of sp³-hybridized carbons (Fsp3) is 0. The van der Waals surface area contributed by atoms with Crippen LogP contribution in [0.1, 0.15) is 0 Å². The zero-order valence-corrected chi connectivity index (χ0v) is 12.2. The maximum absolute atomic E-state index is 9.87. The van der Waals surface area contributed by atoms with Crippen molar-refractivity contribution >= 4 is 34.0 Å². The third kappa shape index (κ3) is 2.89. The predicted molar refractivity (Wildman–Crippen MR) is 87.1 cm³/mol. The summed E-state index contributed by atoms with van der Waals surface area (Å²) in [6.45, 7) is 14.2. The summed E-state index contributed by atoms with van der Waals surface area (Å²) in [6.07, 6.45) is 0. The Labute approximate surface area is 132 Å². The van der Waals surface area contributed by atoms with Crippen molar-refractivity contribution in [3.63, 3.8) is 0 Å². The van der Waals surface area contributed by atoms with Crippen molar-refractivity contribution < 1.29 is 29.7 Å². The molecule has 0 aliphatic rings. The zero-order chi connectivity index (χ0) is 17.3. The Morgan fingerprint density at radius 1 is 0.696 bits per heavy atom. The largest absolute Gasteiger partial charge is 0.658 e. The molecule has 2 rings (SSSR count). The van der Waals surface area contributed by atoms with E-state index in [2.05, 4.69) is 26.3 Å². The van der Waals surface area contributed by atoms with Crippen LogP contribution in [-0.2, 0) is 0 Å². The van der Waals surface area contributed by atoms with Gasteiger partial charge in [-0.15, -0.1) is 0 Å². The first-order chi connectivity index (χ1) is 10.7. The molecule has 0 saturated heterocycles. The van der Waals surface area contributed by atoms with E-state index in [1.165, 1.54) is 12.1 Å². The molecule has 117 valence electrons. The minimum atomic E-state index is -0.319. The number of hydrogen-bond acceptors (Lipinski definition) is 6. The molecule has 0 aromatic heterocycles. The second-order valence-corrected chi connectivity index (χ2v) is 4.75. The summed E-state index contributed by atoms with van der Waals surface area (Å²) in [7, 11) is 0.783. The first kappa shape index (κ1) is 16.2. The molecule has 0 atom stereocenters. The highest BCUT2D eigenvalue weighted by atomic mass is 16.6. The summed E-state index contributed by atoms with van der Waals surface area (Å²) in [5, 5.41) is 39.4. The van der Waals surface area contributed by atoms with Gasteiger partial charge in [-0.25, -0.2) is 0 Å². The van der Waals surface area contributed by atoms with Gasteiger partial charge in [0.05, 0.1) is 10.4 Å². The Bertz CT molecular complexity index is 891. The van der Waals surface area contributed by atoms with E-state index in [9.17, 15) is 20.4 Å². The Morgan fingerprint density at radius 3 is 1.39 bits per heavy atom. The van der Waals surface area contributed by atoms with Crippen molar-refractivity contribution in [1.29, 1.82) is 0 Å². The molecule has 0 aliphatic carbocycles. The van der Waals surface area contributed by atoms with Gasteiger partial charge in [-0.3, -0.25) is 0 Å². The Hall–Kier alpha value is -3.22. The second-order valence-electron chi connectivity index (χ2n) is 4.75. The minimum absolute atomic E-state index is 0.0302. The van der Waals surface area contributed by atoms with E-state index < -0.39 is 0 Å². The van der Waals surface area contributed by atoms with Gasteiger partial charge >= 0.3 is 7.69 Å². The van der Waals surface area contributed by atoms with Gasteiger partial charge in [-0.05, 0) is 12.1 Å². The summed E-state index contributed by atoms with van der Waals surface area (Å²) >= 11 is 0. The molecule has 0 heterocycles. The normalized spacial score (nSPS) is 10.3. The van der Waals surface area contributed by atoms with Gasteiger partial charge in [-0.2, -0.15) is 0 Å². The van der Waals surface area contributed by atoms with Crippen LogP contribution in [0.5, 0.6) is 34.5 Å². The number of hydrogen-bond donors (Lipinski definition) is 4. The topological polar surface area (TPSA) is 99.4 Å². The third-order valence-electron chi connectivity index (χ3n) is 3.16. The molecule has 0 bridgehead atoms. The number of benzene rings is 2. The molecule has 0 amide bonds. The fourth-order valence-corrected chi connectivity index (χ4v) is 1.83. The lowest BCUT2D eigenvalue weighted by atomic mass is 10.2. The quantitative estimate of drug-likeness (QED) is 0.433. The van der Waals surface area contributed by atoms with Gasteiger partial charge in [0.25, 0.3) is 0 Å². The average molecular weight is 313 g/mol. The van der Waals surface area contributed by atoms with E-state index in [1.54, 1.807) is 0 Å². The Morgan fingerprint density at radius 2 is 1.04 bits per heavy atom. The first-order valence-corrected chi connectivity index (χ1v) is 6.34. The molecule has 23 heavy (non-hydrogen) atoms. The SMILES string of the molecule is C=c1cc(O)c(=C)c(O[B]Oc2c(O)c(=C)cc(O)c2=C)c1O. The molecule has 4 N–H and O–H groups in total. The first-order valence-electron chi connectivity index (χ1n) is 6.34. The van der Waals surface area contributed by atoms with E-state index in [0.29, 0.717) is 0 Å². The van der Waals surface area contributed by atoms with Crippen LogP contribution in [-0.4, -0.2) is 28.1 Å². The summed E-state index contributed by atoms with van der Waals surface area (Å²) in [6, 6.07) is 2.46. The van der Waals surface area contributed by atoms with Crippen molar-refractivity contribution in [2.24, 2.45) is 0 Å². The summed E-state index contributed by atoms with van der Waals surface area (Å²) in [4.78, 5) is 0. The van der Waals surface area contributed by atoms with Crippen molar-refractivity contribution in [1.82, 2.24) is 0 Å². The average Bonchev–Trinajstić information content (AvgIpc) is 2.49. The van der Waals surface area contributed by atoms with Gasteiger partial charge in [0.2, 0.25) is 0 Å². The molecular weight excluding hydrogens is 299 g/mol. The van der Waals surface area contributed by atoms with Crippen LogP contribution in [0.2, 0.25) is 0 Å². The maximum atomic E-state index is 9.87. The molecule has 7 heteroatoms. The molecule has 0 aliphatic heterocycles. The van der Waals surface area contributed by atoms with E-state index >= 15 is 0 Å². The smallest absolute Gasteiger partial charge is 0.523 e. The molecule has 0 fully saturated rings. The molecule has 0 spiro atoms. The Kier molecular flexibility index (Phi) is 4.13. The van der Waals surface area contributed by atoms with E-state index in [1.807, 2.05) is 0 Å².